The number of allylic oxidation sites excluding steroid dienone is 3. The molecular weight excluding hydrogens is 266 g/mol. The molecule has 128 valence electrons. The zero-order chi connectivity index (χ0) is 16.8. The minimum atomic E-state index is 0.268. The lowest BCUT2D eigenvalue weighted by molar-refractivity contribution is 0.142. The van der Waals surface area contributed by atoms with Crippen LogP contribution in [-0.4, -0.2) is 6.54 Å². The van der Waals surface area contributed by atoms with Gasteiger partial charge < -0.3 is 5.32 Å². The fraction of sp³-hybridized carbons (Fsp3) is 0.810. The van der Waals surface area contributed by atoms with Gasteiger partial charge in [0, 0.05) is 6.54 Å². The molecule has 0 amide bonds. The Balaban J connectivity index is 3.10. The molecule has 0 aromatic carbocycles. The molecule has 1 N–H and O–H groups in total. The van der Waals surface area contributed by atoms with Gasteiger partial charge in [0.15, 0.2) is 0 Å². The zero-order valence-electron chi connectivity index (χ0n) is 16.1. The third kappa shape index (κ3) is 6.58. The number of hydrogen-bond donors (Lipinski definition) is 1. The van der Waals surface area contributed by atoms with Crippen molar-refractivity contribution in [3.63, 3.8) is 0 Å². The molecule has 1 heterocycles. The highest BCUT2D eigenvalue weighted by molar-refractivity contribution is 5.07. The number of nitrogens with one attached hydrogen (secondary N) is 1. The zero-order valence-corrected chi connectivity index (χ0v) is 16.1. The van der Waals surface area contributed by atoms with Gasteiger partial charge in [-0.2, -0.15) is 0 Å². The van der Waals surface area contributed by atoms with Crippen LogP contribution in [-0.2, 0) is 0 Å². The first-order valence-corrected chi connectivity index (χ1v) is 9.21. The molecule has 0 aromatic rings. The van der Waals surface area contributed by atoms with Gasteiger partial charge in [-0.15, -0.1) is 0 Å². The van der Waals surface area contributed by atoms with Gasteiger partial charge in [-0.25, -0.2) is 0 Å². The average Bonchev–Trinajstić information content (AvgIpc) is 2.37. The molecule has 0 aliphatic carbocycles. The van der Waals surface area contributed by atoms with Crippen molar-refractivity contribution in [3.05, 3.63) is 24.4 Å². The second kappa shape index (κ2) is 8.22. The highest BCUT2D eigenvalue weighted by Gasteiger charge is 2.35. The first-order chi connectivity index (χ1) is 10.1. The Bertz CT molecular complexity index is 364. The van der Waals surface area contributed by atoms with Crippen LogP contribution in [0.15, 0.2) is 24.4 Å². The SMILES string of the molecule is CC1/C=C/C(C(C)(C)C)C(C(C)(C)C)/C=C/NCCCCC1. The van der Waals surface area contributed by atoms with E-state index in [4.69, 9.17) is 0 Å². The Hall–Kier alpha value is -0.720. The maximum atomic E-state index is 3.50. The summed E-state index contributed by atoms with van der Waals surface area (Å²) in [5, 5.41) is 3.50. The molecule has 3 atom stereocenters. The summed E-state index contributed by atoms with van der Waals surface area (Å²) >= 11 is 0. The first-order valence-electron chi connectivity index (χ1n) is 9.21. The van der Waals surface area contributed by atoms with E-state index in [2.05, 4.69) is 78.2 Å². The smallest absolute Gasteiger partial charge is 0.0141 e. The van der Waals surface area contributed by atoms with Crippen molar-refractivity contribution in [2.45, 2.75) is 74.1 Å². The molecule has 0 saturated heterocycles. The van der Waals surface area contributed by atoms with E-state index in [1.807, 2.05) is 0 Å². The van der Waals surface area contributed by atoms with E-state index in [-0.39, 0.29) is 10.8 Å². The maximum absolute atomic E-state index is 3.50. The van der Waals surface area contributed by atoms with Gasteiger partial charge in [0.05, 0.1) is 0 Å². The van der Waals surface area contributed by atoms with E-state index in [1.54, 1.807) is 0 Å². The molecule has 1 rings (SSSR count). The molecule has 0 aromatic heterocycles. The third-order valence-corrected chi connectivity index (χ3v) is 4.94. The molecule has 0 saturated carbocycles. The summed E-state index contributed by atoms with van der Waals surface area (Å²) in [5.41, 5.74) is 0.544. The van der Waals surface area contributed by atoms with Crippen LogP contribution in [0.25, 0.3) is 0 Å². The molecule has 3 unspecified atom stereocenters. The molecule has 1 aliphatic heterocycles. The van der Waals surface area contributed by atoms with Gasteiger partial charge in [-0.05, 0) is 47.6 Å². The minimum absolute atomic E-state index is 0.268. The Morgan fingerprint density at radius 1 is 0.773 bits per heavy atom. The summed E-state index contributed by atoms with van der Waals surface area (Å²) in [6.45, 7) is 17.7. The van der Waals surface area contributed by atoms with Gasteiger partial charge >= 0.3 is 0 Å². The Labute approximate surface area is 139 Å². The maximum Gasteiger partial charge on any atom is 0.0141 e. The molecule has 1 nitrogen and oxygen atoms in total. The topological polar surface area (TPSA) is 12.0 Å². The quantitative estimate of drug-likeness (QED) is 0.527. The normalized spacial score (nSPS) is 32.0. The van der Waals surface area contributed by atoms with Crippen LogP contribution in [0.1, 0.15) is 74.1 Å². The monoisotopic (exact) mass is 305 g/mol. The summed E-state index contributed by atoms with van der Waals surface area (Å²) in [6, 6.07) is 0. The van der Waals surface area contributed by atoms with Crippen LogP contribution in [0.4, 0.5) is 0 Å². The molecule has 0 fully saturated rings. The highest BCUT2D eigenvalue weighted by atomic mass is 14.8. The molecule has 0 spiro atoms. The van der Waals surface area contributed by atoms with Crippen LogP contribution in [0.2, 0.25) is 0 Å². The molecule has 0 radical (unpaired) electrons. The van der Waals surface area contributed by atoms with Gasteiger partial charge in [0.25, 0.3) is 0 Å². The second-order valence-electron chi connectivity index (χ2n) is 9.31. The fourth-order valence-corrected chi connectivity index (χ4v) is 3.42. The van der Waals surface area contributed by atoms with Crippen molar-refractivity contribution in [1.82, 2.24) is 5.32 Å². The third-order valence-electron chi connectivity index (χ3n) is 4.94. The van der Waals surface area contributed by atoms with E-state index in [0.717, 1.165) is 6.54 Å². The molecule has 1 aliphatic rings. The lowest BCUT2D eigenvalue weighted by Gasteiger charge is -2.41. The summed E-state index contributed by atoms with van der Waals surface area (Å²) in [5.74, 6) is 1.81. The van der Waals surface area contributed by atoms with Crippen LogP contribution >= 0.6 is 0 Å². The predicted octanol–water partition coefficient (Wildman–Crippen LogP) is 6.18. The molecule has 0 bridgehead atoms. The van der Waals surface area contributed by atoms with E-state index in [9.17, 15) is 0 Å². The van der Waals surface area contributed by atoms with Crippen LogP contribution < -0.4 is 5.32 Å². The predicted molar refractivity (Wildman–Crippen MR) is 99.8 cm³/mol. The largest absolute Gasteiger partial charge is 0.391 e. The Morgan fingerprint density at radius 2 is 1.36 bits per heavy atom. The first kappa shape index (κ1) is 19.3. The number of hydrogen-bond acceptors (Lipinski definition) is 1. The summed E-state index contributed by atoms with van der Waals surface area (Å²) in [6.07, 6.45) is 14.9. The van der Waals surface area contributed by atoms with Crippen molar-refractivity contribution in [2.75, 3.05) is 6.54 Å². The summed E-state index contributed by atoms with van der Waals surface area (Å²) in [4.78, 5) is 0. The van der Waals surface area contributed by atoms with Crippen molar-refractivity contribution in [2.24, 2.45) is 28.6 Å². The van der Waals surface area contributed by atoms with Crippen LogP contribution in [0.3, 0.4) is 0 Å². The van der Waals surface area contributed by atoms with Gasteiger partial charge in [-0.3, -0.25) is 0 Å². The van der Waals surface area contributed by atoms with Crippen LogP contribution in [0.5, 0.6) is 0 Å². The van der Waals surface area contributed by atoms with Crippen molar-refractivity contribution in [3.8, 4) is 0 Å². The number of rotatable bonds is 0. The lowest BCUT2D eigenvalue weighted by atomic mass is 9.64. The van der Waals surface area contributed by atoms with Gasteiger partial charge in [-0.1, -0.05) is 79.5 Å². The van der Waals surface area contributed by atoms with Crippen molar-refractivity contribution in [1.29, 1.82) is 0 Å². The molecule has 22 heavy (non-hydrogen) atoms. The van der Waals surface area contributed by atoms with E-state index >= 15 is 0 Å². The minimum Gasteiger partial charge on any atom is -0.391 e. The molecule has 1 heteroatoms. The lowest BCUT2D eigenvalue weighted by Crippen LogP contribution is -2.34. The average molecular weight is 306 g/mol. The summed E-state index contributed by atoms with van der Waals surface area (Å²) < 4.78 is 0. The fourth-order valence-electron chi connectivity index (χ4n) is 3.42. The molecular formula is C21H39N. The second-order valence-corrected chi connectivity index (χ2v) is 9.31. The highest BCUT2D eigenvalue weighted by Crippen LogP contribution is 2.43. The van der Waals surface area contributed by atoms with E-state index in [0.29, 0.717) is 17.8 Å². The Kier molecular flexibility index (Phi) is 7.22. The van der Waals surface area contributed by atoms with Gasteiger partial charge in [0.2, 0.25) is 0 Å². The Morgan fingerprint density at radius 3 is 1.95 bits per heavy atom. The van der Waals surface area contributed by atoms with Crippen molar-refractivity contribution >= 4 is 0 Å². The van der Waals surface area contributed by atoms with Crippen LogP contribution in [0, 0.1) is 28.6 Å². The standard InChI is InChI=1S/C21H39N/c1-17-11-9-8-10-15-22-16-14-19(21(5,6)7)18(13-12-17)20(2,3)4/h12-14,16-19,22H,8-11,15H2,1-7H3/b13-12+,16-14+. The van der Waals surface area contributed by atoms with E-state index in [1.165, 1.54) is 25.7 Å². The summed E-state index contributed by atoms with van der Waals surface area (Å²) in [7, 11) is 0. The van der Waals surface area contributed by atoms with Gasteiger partial charge in [0.1, 0.15) is 0 Å². The van der Waals surface area contributed by atoms with E-state index < -0.39 is 0 Å². The van der Waals surface area contributed by atoms with Crippen molar-refractivity contribution < 1.29 is 0 Å².